The first-order valence-corrected chi connectivity index (χ1v) is 12.2. The molecule has 3 atom stereocenters. The largest absolute Gasteiger partial charge is 0.334 e. The summed E-state index contributed by atoms with van der Waals surface area (Å²) in [6.45, 7) is 6.56. The fourth-order valence-electron chi connectivity index (χ4n) is 4.26. The van der Waals surface area contributed by atoms with Crippen molar-refractivity contribution in [1.82, 2.24) is 4.90 Å². The van der Waals surface area contributed by atoms with Crippen LogP contribution in [0.1, 0.15) is 38.3 Å². The molecule has 1 heterocycles. The normalized spacial score (nSPS) is 27.2. The van der Waals surface area contributed by atoms with Gasteiger partial charge < -0.3 is 4.90 Å². The number of benzene rings is 1. The SMILES string of the molecule is CCc1ccc(CN(C(=O)[C@@H]2[C@H](C=C(Cl)Cl)C2(C)C)[C@H]2CCS(=O)(=O)C2)cc1. The smallest absolute Gasteiger partial charge is 0.227 e. The molecule has 7 heteroatoms. The Morgan fingerprint density at radius 3 is 2.32 bits per heavy atom. The highest BCUT2D eigenvalue weighted by Gasteiger charge is 2.62. The first-order chi connectivity index (χ1) is 13.0. The standard InChI is InChI=1S/C21H27Cl2NO3S/c1-4-14-5-7-15(8-6-14)12-24(16-9-10-28(26,27)13-16)20(25)19-17(11-18(22)23)21(19,2)3/h5-8,11,16-17,19H,4,9-10,12-13H2,1-3H3/t16-,17-,19-/m0/s1. The quantitative estimate of drug-likeness (QED) is 0.656. The van der Waals surface area contributed by atoms with E-state index >= 15 is 0 Å². The van der Waals surface area contributed by atoms with E-state index < -0.39 is 9.84 Å². The number of sulfone groups is 1. The number of halogens is 2. The predicted molar refractivity (Wildman–Crippen MR) is 114 cm³/mol. The van der Waals surface area contributed by atoms with Crippen LogP contribution < -0.4 is 0 Å². The highest BCUT2D eigenvalue weighted by molar-refractivity contribution is 7.91. The maximum absolute atomic E-state index is 13.5. The van der Waals surface area contributed by atoms with E-state index in [9.17, 15) is 13.2 Å². The first kappa shape index (κ1) is 21.7. The maximum Gasteiger partial charge on any atom is 0.227 e. The molecule has 0 unspecified atom stereocenters. The molecule has 3 rings (SSSR count). The van der Waals surface area contributed by atoms with Gasteiger partial charge >= 0.3 is 0 Å². The second-order valence-electron chi connectivity index (χ2n) is 8.47. The Kier molecular flexibility index (Phi) is 6.19. The molecule has 1 amide bonds. The number of hydrogen-bond donors (Lipinski definition) is 0. The lowest BCUT2D eigenvalue weighted by molar-refractivity contribution is -0.136. The zero-order chi connectivity index (χ0) is 20.7. The topological polar surface area (TPSA) is 54.5 Å². The zero-order valence-corrected chi connectivity index (χ0v) is 18.8. The Bertz CT molecular complexity index is 873. The van der Waals surface area contributed by atoms with Gasteiger partial charge in [-0.05, 0) is 41.4 Å². The summed E-state index contributed by atoms with van der Waals surface area (Å²) in [5, 5.41) is 0. The molecule has 1 aromatic rings. The lowest BCUT2D eigenvalue weighted by Gasteiger charge is -2.29. The molecule has 28 heavy (non-hydrogen) atoms. The molecule has 1 aromatic carbocycles. The number of nitrogens with zero attached hydrogens (tertiary/aromatic N) is 1. The monoisotopic (exact) mass is 443 g/mol. The lowest BCUT2D eigenvalue weighted by atomic mass is 10.1. The highest BCUT2D eigenvalue weighted by atomic mass is 35.5. The van der Waals surface area contributed by atoms with Crippen LogP contribution in [0.15, 0.2) is 34.8 Å². The summed E-state index contributed by atoms with van der Waals surface area (Å²) in [6, 6.07) is 7.88. The van der Waals surface area contributed by atoms with Crippen molar-refractivity contribution in [1.29, 1.82) is 0 Å². The van der Waals surface area contributed by atoms with E-state index in [1.807, 2.05) is 26.0 Å². The van der Waals surface area contributed by atoms with Gasteiger partial charge in [-0.2, -0.15) is 0 Å². The van der Waals surface area contributed by atoms with E-state index in [4.69, 9.17) is 23.2 Å². The van der Waals surface area contributed by atoms with E-state index in [0.717, 1.165) is 12.0 Å². The van der Waals surface area contributed by atoms with Crippen molar-refractivity contribution in [3.05, 3.63) is 46.0 Å². The van der Waals surface area contributed by atoms with Crippen molar-refractivity contribution < 1.29 is 13.2 Å². The van der Waals surface area contributed by atoms with Crippen LogP contribution in [0.4, 0.5) is 0 Å². The third-order valence-corrected chi connectivity index (χ3v) is 8.20. The molecule has 0 N–H and O–H groups in total. The highest BCUT2D eigenvalue weighted by Crippen LogP contribution is 2.60. The van der Waals surface area contributed by atoms with E-state index in [2.05, 4.69) is 19.1 Å². The van der Waals surface area contributed by atoms with E-state index in [-0.39, 0.29) is 45.2 Å². The number of carbonyl (C=O) groups is 1. The summed E-state index contributed by atoms with van der Waals surface area (Å²) in [5.74, 6) is -0.106. The summed E-state index contributed by atoms with van der Waals surface area (Å²) < 4.78 is 24.3. The molecule has 2 aliphatic rings. The van der Waals surface area contributed by atoms with Gasteiger partial charge in [-0.3, -0.25) is 4.79 Å². The zero-order valence-electron chi connectivity index (χ0n) is 16.5. The Morgan fingerprint density at radius 2 is 1.82 bits per heavy atom. The van der Waals surface area contributed by atoms with Crippen LogP contribution in [0.3, 0.4) is 0 Å². The molecule has 0 bridgehead atoms. The molecular formula is C21H27Cl2NO3S. The van der Waals surface area contributed by atoms with Gasteiger partial charge in [-0.25, -0.2) is 8.42 Å². The van der Waals surface area contributed by atoms with Crippen LogP contribution in [0.2, 0.25) is 0 Å². The second kappa shape index (κ2) is 8.00. The van der Waals surface area contributed by atoms with E-state index in [1.54, 1.807) is 11.0 Å². The minimum Gasteiger partial charge on any atom is -0.334 e. The molecule has 154 valence electrons. The first-order valence-electron chi connectivity index (χ1n) is 9.66. The second-order valence-corrected chi connectivity index (χ2v) is 11.7. The van der Waals surface area contributed by atoms with Crippen molar-refractivity contribution >= 4 is 38.9 Å². The Morgan fingerprint density at radius 1 is 1.21 bits per heavy atom. The van der Waals surface area contributed by atoms with E-state index in [0.29, 0.717) is 13.0 Å². The third-order valence-electron chi connectivity index (χ3n) is 6.20. The van der Waals surface area contributed by atoms with Gasteiger partial charge in [-0.1, -0.05) is 68.2 Å². The number of hydrogen-bond acceptors (Lipinski definition) is 3. The summed E-state index contributed by atoms with van der Waals surface area (Å²) >= 11 is 11.7. The summed E-state index contributed by atoms with van der Waals surface area (Å²) in [5.41, 5.74) is 2.00. The minimum absolute atomic E-state index is 0.0116. The van der Waals surface area contributed by atoms with Gasteiger partial charge in [0.05, 0.1) is 17.4 Å². The Balaban J connectivity index is 1.86. The van der Waals surface area contributed by atoms with Crippen molar-refractivity contribution in [2.45, 2.75) is 46.2 Å². The average Bonchev–Trinajstić information content (AvgIpc) is 2.95. The van der Waals surface area contributed by atoms with Crippen molar-refractivity contribution in [3.8, 4) is 0 Å². The van der Waals surface area contributed by atoms with Crippen LogP contribution in [0.25, 0.3) is 0 Å². The van der Waals surface area contributed by atoms with Crippen LogP contribution in [0.5, 0.6) is 0 Å². The number of aryl methyl sites for hydroxylation is 1. The molecule has 1 aliphatic heterocycles. The fourth-order valence-corrected chi connectivity index (χ4v) is 6.26. The van der Waals surface area contributed by atoms with Gasteiger partial charge in [0.15, 0.2) is 9.84 Å². The van der Waals surface area contributed by atoms with Crippen molar-refractivity contribution in [3.63, 3.8) is 0 Å². The molecular weight excluding hydrogens is 417 g/mol. The van der Waals surface area contributed by atoms with Gasteiger partial charge in [0, 0.05) is 12.6 Å². The average molecular weight is 444 g/mol. The summed E-state index contributed by atoms with van der Waals surface area (Å²) in [6.07, 6.45) is 3.17. The summed E-state index contributed by atoms with van der Waals surface area (Å²) in [7, 11) is -3.09. The minimum atomic E-state index is -3.09. The van der Waals surface area contributed by atoms with Crippen molar-refractivity contribution in [2.75, 3.05) is 11.5 Å². The van der Waals surface area contributed by atoms with Crippen LogP contribution >= 0.6 is 23.2 Å². The van der Waals surface area contributed by atoms with Gasteiger partial charge in [0.25, 0.3) is 0 Å². The predicted octanol–water partition coefficient (Wildman–Crippen LogP) is 4.36. The third kappa shape index (κ3) is 4.58. The molecule has 1 aliphatic carbocycles. The Labute approximate surface area is 177 Å². The molecule has 0 radical (unpaired) electrons. The molecule has 4 nitrogen and oxygen atoms in total. The van der Waals surface area contributed by atoms with Gasteiger partial charge in [0.1, 0.15) is 4.49 Å². The number of allylic oxidation sites excluding steroid dienone is 1. The maximum atomic E-state index is 13.5. The molecule has 1 saturated heterocycles. The molecule has 2 fully saturated rings. The molecule has 1 saturated carbocycles. The number of rotatable bonds is 6. The van der Waals surface area contributed by atoms with Crippen molar-refractivity contribution in [2.24, 2.45) is 17.3 Å². The molecule has 0 aromatic heterocycles. The number of carbonyl (C=O) groups excluding carboxylic acids is 1. The Hall–Kier alpha value is -1.04. The number of amides is 1. The van der Waals surface area contributed by atoms with Gasteiger partial charge in [0.2, 0.25) is 5.91 Å². The van der Waals surface area contributed by atoms with E-state index in [1.165, 1.54) is 5.56 Å². The van der Waals surface area contributed by atoms with Gasteiger partial charge in [-0.15, -0.1) is 0 Å². The van der Waals surface area contributed by atoms with Crippen LogP contribution in [-0.4, -0.2) is 36.8 Å². The van der Waals surface area contributed by atoms with Crippen LogP contribution in [0, 0.1) is 17.3 Å². The molecule has 0 spiro atoms. The fraction of sp³-hybridized carbons (Fsp3) is 0.571. The lowest BCUT2D eigenvalue weighted by Crippen LogP contribution is -2.42. The van der Waals surface area contributed by atoms with Crippen LogP contribution in [-0.2, 0) is 27.6 Å². The summed E-state index contributed by atoms with van der Waals surface area (Å²) in [4.78, 5) is 15.2.